The third kappa shape index (κ3) is 5.77. The zero-order chi connectivity index (χ0) is 24.4. The highest BCUT2D eigenvalue weighted by Crippen LogP contribution is 2.39. The van der Waals surface area contributed by atoms with E-state index in [9.17, 15) is 22.8 Å². The zero-order valence-corrected chi connectivity index (χ0v) is 19.0. The summed E-state index contributed by atoms with van der Waals surface area (Å²) in [6.07, 6.45) is -3.83. The zero-order valence-electron chi connectivity index (χ0n) is 19.0. The molecule has 0 aliphatic carbocycles. The maximum Gasteiger partial charge on any atom is 0.418 e. The van der Waals surface area contributed by atoms with Crippen LogP contribution in [-0.2, 0) is 11.0 Å². The van der Waals surface area contributed by atoms with E-state index in [0.29, 0.717) is 29.6 Å². The molecule has 1 heterocycles. The van der Waals surface area contributed by atoms with Crippen LogP contribution >= 0.6 is 0 Å². The molecule has 2 aromatic carbocycles. The monoisotopic (exact) mass is 463 g/mol. The molecule has 0 radical (unpaired) electrons. The molecule has 3 rings (SSSR count). The first kappa shape index (κ1) is 24.4. The Kier molecular flexibility index (Phi) is 6.90. The molecule has 1 aliphatic rings. The van der Waals surface area contributed by atoms with Crippen LogP contribution < -0.4 is 20.3 Å². The van der Waals surface area contributed by atoms with Crippen molar-refractivity contribution in [2.24, 2.45) is 11.3 Å². The lowest BCUT2D eigenvalue weighted by molar-refractivity contribution is -0.137. The number of hydrogen-bond donors (Lipinski definition) is 2. The van der Waals surface area contributed by atoms with E-state index >= 15 is 0 Å². The van der Waals surface area contributed by atoms with Crippen LogP contribution in [0.4, 0.5) is 35.0 Å². The molecule has 178 valence electrons. The lowest BCUT2D eigenvalue weighted by atomic mass is 9.92. The van der Waals surface area contributed by atoms with Crippen molar-refractivity contribution < 1.29 is 27.5 Å². The summed E-state index contributed by atoms with van der Waals surface area (Å²) in [5, 5.41) is 4.80. The Morgan fingerprint density at radius 1 is 1.15 bits per heavy atom. The fourth-order valence-corrected chi connectivity index (χ4v) is 3.46. The number of benzene rings is 2. The van der Waals surface area contributed by atoms with Gasteiger partial charge in [0.1, 0.15) is 12.4 Å². The van der Waals surface area contributed by atoms with Crippen molar-refractivity contribution in [3.8, 4) is 5.75 Å². The number of urea groups is 1. The number of ether oxygens (including phenoxy) is 1. The van der Waals surface area contributed by atoms with Gasteiger partial charge >= 0.3 is 12.2 Å². The number of rotatable bonds is 5. The fourth-order valence-electron chi connectivity index (χ4n) is 3.46. The SMILES string of the molecule is CC(C)CCN1C(=O)C(C)(C)COc2ccc(NC(=O)Nc3ccccc3C(F)(F)F)cc21. The highest BCUT2D eigenvalue weighted by atomic mass is 19.4. The number of anilines is 3. The third-order valence-electron chi connectivity index (χ3n) is 5.33. The molecule has 2 aromatic rings. The molecule has 0 bridgehead atoms. The number of hydrogen-bond acceptors (Lipinski definition) is 3. The molecule has 3 amide bonds. The van der Waals surface area contributed by atoms with Gasteiger partial charge in [-0.3, -0.25) is 4.79 Å². The van der Waals surface area contributed by atoms with Crippen molar-refractivity contribution in [3.63, 3.8) is 0 Å². The number of alkyl halides is 3. The number of fused-ring (bicyclic) bond motifs is 1. The van der Waals surface area contributed by atoms with E-state index in [-0.39, 0.29) is 18.2 Å². The highest BCUT2D eigenvalue weighted by Gasteiger charge is 2.38. The molecule has 0 spiro atoms. The van der Waals surface area contributed by atoms with Crippen molar-refractivity contribution >= 4 is 29.0 Å². The number of nitrogens with one attached hydrogen (secondary N) is 2. The van der Waals surface area contributed by atoms with Crippen LogP contribution in [-0.4, -0.2) is 25.1 Å². The summed E-state index contributed by atoms with van der Waals surface area (Å²) in [6.45, 7) is 8.43. The number of para-hydroxylation sites is 1. The van der Waals surface area contributed by atoms with Gasteiger partial charge in [0, 0.05) is 12.2 Å². The van der Waals surface area contributed by atoms with Crippen LogP contribution in [0.1, 0.15) is 39.7 Å². The summed E-state index contributed by atoms with van der Waals surface area (Å²) in [5.41, 5.74) is -1.19. The van der Waals surface area contributed by atoms with Gasteiger partial charge in [0.05, 0.1) is 22.4 Å². The molecule has 0 saturated carbocycles. The number of halogens is 3. The Bertz CT molecular complexity index is 1040. The second-order valence-electron chi connectivity index (χ2n) is 9.12. The summed E-state index contributed by atoms with van der Waals surface area (Å²) in [4.78, 5) is 27.3. The number of carbonyl (C=O) groups is 2. The highest BCUT2D eigenvalue weighted by molar-refractivity contribution is 6.03. The van der Waals surface area contributed by atoms with Gasteiger partial charge in [0.2, 0.25) is 5.91 Å². The van der Waals surface area contributed by atoms with Crippen LogP contribution in [0, 0.1) is 11.3 Å². The average Bonchev–Trinajstić information content (AvgIpc) is 2.81. The molecule has 0 aromatic heterocycles. The summed E-state index contributed by atoms with van der Waals surface area (Å²) in [5.74, 6) is 0.781. The van der Waals surface area contributed by atoms with Crippen molar-refractivity contribution in [1.82, 2.24) is 0 Å². The van der Waals surface area contributed by atoms with Gasteiger partial charge in [0.15, 0.2) is 0 Å². The van der Waals surface area contributed by atoms with E-state index in [0.717, 1.165) is 12.5 Å². The van der Waals surface area contributed by atoms with Crippen molar-refractivity contribution in [2.45, 2.75) is 40.3 Å². The Morgan fingerprint density at radius 2 is 1.85 bits per heavy atom. The predicted octanol–water partition coefficient (Wildman–Crippen LogP) is 6.15. The Hall–Kier alpha value is -3.23. The molecule has 6 nitrogen and oxygen atoms in total. The lowest BCUT2D eigenvalue weighted by Crippen LogP contribution is -2.42. The Morgan fingerprint density at radius 3 is 2.52 bits per heavy atom. The van der Waals surface area contributed by atoms with Gasteiger partial charge < -0.3 is 20.3 Å². The smallest absolute Gasteiger partial charge is 0.418 e. The largest absolute Gasteiger partial charge is 0.490 e. The van der Waals surface area contributed by atoms with Crippen molar-refractivity contribution in [2.75, 3.05) is 28.7 Å². The molecule has 0 unspecified atom stereocenters. The quantitative estimate of drug-likeness (QED) is 0.559. The maximum atomic E-state index is 13.2. The lowest BCUT2D eigenvalue weighted by Gasteiger charge is -2.28. The van der Waals surface area contributed by atoms with E-state index < -0.39 is 23.2 Å². The summed E-state index contributed by atoms with van der Waals surface area (Å²) < 4.78 is 45.5. The van der Waals surface area contributed by atoms with E-state index in [1.54, 1.807) is 23.1 Å². The summed E-state index contributed by atoms with van der Waals surface area (Å²) in [6, 6.07) is 8.74. The molecule has 9 heteroatoms. The first-order chi connectivity index (χ1) is 15.4. The van der Waals surface area contributed by atoms with E-state index in [2.05, 4.69) is 24.5 Å². The Balaban J connectivity index is 1.85. The topological polar surface area (TPSA) is 70.7 Å². The van der Waals surface area contributed by atoms with E-state index in [1.807, 2.05) is 13.8 Å². The van der Waals surface area contributed by atoms with Gasteiger partial charge in [-0.25, -0.2) is 4.79 Å². The van der Waals surface area contributed by atoms with Gasteiger partial charge in [-0.15, -0.1) is 0 Å². The van der Waals surface area contributed by atoms with E-state index in [4.69, 9.17) is 4.74 Å². The molecule has 1 aliphatic heterocycles. The van der Waals surface area contributed by atoms with Crippen molar-refractivity contribution in [1.29, 1.82) is 0 Å². The second kappa shape index (κ2) is 9.33. The van der Waals surface area contributed by atoms with Gasteiger partial charge in [-0.1, -0.05) is 26.0 Å². The molecule has 0 fully saturated rings. The Labute approximate surface area is 191 Å². The molecule has 2 N–H and O–H groups in total. The number of nitrogens with zero attached hydrogens (tertiary/aromatic N) is 1. The van der Waals surface area contributed by atoms with Crippen LogP contribution in [0.2, 0.25) is 0 Å². The standard InChI is InChI=1S/C24H28F3N3O3/c1-15(2)11-12-30-19-13-16(9-10-20(19)33-14-23(3,4)21(30)31)28-22(32)29-18-8-6-5-7-17(18)24(25,26)27/h5-10,13,15H,11-12,14H2,1-4H3,(H2,28,29,32). The molecule has 33 heavy (non-hydrogen) atoms. The maximum absolute atomic E-state index is 13.2. The first-order valence-electron chi connectivity index (χ1n) is 10.7. The minimum Gasteiger partial charge on any atom is -0.490 e. The average molecular weight is 464 g/mol. The molecular formula is C24H28F3N3O3. The number of amides is 3. The van der Waals surface area contributed by atoms with E-state index in [1.165, 1.54) is 18.2 Å². The molecule has 0 saturated heterocycles. The minimum absolute atomic E-state index is 0.0948. The fraction of sp³-hybridized carbons (Fsp3) is 0.417. The molecule has 0 atom stereocenters. The normalized spacial score (nSPS) is 15.5. The van der Waals surface area contributed by atoms with Crippen molar-refractivity contribution in [3.05, 3.63) is 48.0 Å². The van der Waals surface area contributed by atoms with Gasteiger partial charge in [-0.2, -0.15) is 13.2 Å². The first-order valence-corrected chi connectivity index (χ1v) is 10.7. The summed E-state index contributed by atoms with van der Waals surface area (Å²) >= 11 is 0. The summed E-state index contributed by atoms with van der Waals surface area (Å²) in [7, 11) is 0. The molecular weight excluding hydrogens is 435 g/mol. The predicted molar refractivity (Wildman–Crippen MR) is 122 cm³/mol. The van der Waals surface area contributed by atoms with Gasteiger partial charge in [-0.05, 0) is 56.5 Å². The number of carbonyl (C=O) groups excluding carboxylic acids is 2. The van der Waals surface area contributed by atoms with Crippen LogP contribution in [0.5, 0.6) is 5.75 Å². The van der Waals surface area contributed by atoms with Crippen LogP contribution in [0.3, 0.4) is 0 Å². The van der Waals surface area contributed by atoms with Crippen LogP contribution in [0.15, 0.2) is 42.5 Å². The second-order valence-corrected chi connectivity index (χ2v) is 9.12. The van der Waals surface area contributed by atoms with Crippen LogP contribution in [0.25, 0.3) is 0 Å². The third-order valence-corrected chi connectivity index (χ3v) is 5.33. The minimum atomic E-state index is -4.60. The van der Waals surface area contributed by atoms with Gasteiger partial charge in [0.25, 0.3) is 0 Å².